The number of rotatable bonds is 2. The quantitative estimate of drug-likeness (QED) is 0.772. The molecule has 0 fully saturated rings. The molecule has 0 saturated heterocycles. The molecule has 0 atom stereocenters. The lowest BCUT2D eigenvalue weighted by molar-refractivity contribution is -0.114. The number of carbonyl (C=O) groups is 1. The number of amides is 1. The van der Waals surface area contributed by atoms with Crippen molar-refractivity contribution in [3.05, 3.63) is 29.6 Å². The second kappa shape index (κ2) is 4.22. The van der Waals surface area contributed by atoms with Gasteiger partial charge in [-0.2, -0.15) is 0 Å². The number of carbonyl (C=O) groups excluding carboxylic acids is 1. The molecule has 1 aromatic carbocycles. The first kappa shape index (κ1) is 10.7. The summed E-state index contributed by atoms with van der Waals surface area (Å²) in [7, 11) is 0. The summed E-state index contributed by atoms with van der Waals surface area (Å²) < 4.78 is 12.9. The minimum atomic E-state index is -0.275. The van der Waals surface area contributed by atoms with Gasteiger partial charge in [-0.05, 0) is 29.7 Å². The number of halogens is 1. The first-order valence-corrected chi connectivity index (χ1v) is 4.57. The SMILES string of the molecule is CC(=O)Nc1ccc(F)cc1C(C)C. The summed E-state index contributed by atoms with van der Waals surface area (Å²) in [5.74, 6) is -0.228. The van der Waals surface area contributed by atoms with Crippen molar-refractivity contribution in [2.24, 2.45) is 0 Å². The van der Waals surface area contributed by atoms with Crippen LogP contribution in [0.4, 0.5) is 10.1 Å². The van der Waals surface area contributed by atoms with E-state index < -0.39 is 0 Å². The monoisotopic (exact) mass is 195 g/mol. The van der Waals surface area contributed by atoms with Gasteiger partial charge in [0, 0.05) is 12.6 Å². The zero-order valence-corrected chi connectivity index (χ0v) is 8.60. The molecule has 0 aromatic heterocycles. The molecule has 0 bridgehead atoms. The summed E-state index contributed by atoms with van der Waals surface area (Å²) in [4.78, 5) is 10.9. The Morgan fingerprint density at radius 3 is 2.57 bits per heavy atom. The van der Waals surface area contributed by atoms with Gasteiger partial charge in [-0.1, -0.05) is 13.8 Å². The van der Waals surface area contributed by atoms with Crippen molar-refractivity contribution in [2.75, 3.05) is 5.32 Å². The van der Waals surface area contributed by atoms with E-state index in [0.29, 0.717) is 5.69 Å². The van der Waals surface area contributed by atoms with Crippen LogP contribution >= 0.6 is 0 Å². The van der Waals surface area contributed by atoms with Crippen molar-refractivity contribution in [2.45, 2.75) is 26.7 Å². The Kier molecular flexibility index (Phi) is 3.23. The molecule has 0 heterocycles. The summed E-state index contributed by atoms with van der Waals surface area (Å²) in [6.45, 7) is 5.35. The normalized spacial score (nSPS) is 10.4. The maximum Gasteiger partial charge on any atom is 0.221 e. The largest absolute Gasteiger partial charge is 0.326 e. The van der Waals surface area contributed by atoms with E-state index in [4.69, 9.17) is 0 Å². The molecular weight excluding hydrogens is 181 g/mol. The van der Waals surface area contributed by atoms with Gasteiger partial charge in [0.25, 0.3) is 0 Å². The Morgan fingerprint density at radius 1 is 1.43 bits per heavy atom. The summed E-state index contributed by atoms with van der Waals surface area (Å²) >= 11 is 0. The van der Waals surface area contributed by atoms with Crippen LogP contribution in [0.5, 0.6) is 0 Å². The van der Waals surface area contributed by atoms with Crippen molar-refractivity contribution < 1.29 is 9.18 Å². The fourth-order valence-corrected chi connectivity index (χ4v) is 1.31. The lowest BCUT2D eigenvalue weighted by Crippen LogP contribution is -2.08. The van der Waals surface area contributed by atoms with Crippen molar-refractivity contribution in [3.63, 3.8) is 0 Å². The van der Waals surface area contributed by atoms with E-state index in [1.807, 2.05) is 13.8 Å². The molecule has 0 aliphatic heterocycles. The van der Waals surface area contributed by atoms with Gasteiger partial charge in [0.2, 0.25) is 5.91 Å². The summed E-state index contributed by atoms with van der Waals surface area (Å²) in [6, 6.07) is 4.39. The topological polar surface area (TPSA) is 29.1 Å². The van der Waals surface area contributed by atoms with Crippen LogP contribution in [0.15, 0.2) is 18.2 Å². The van der Waals surface area contributed by atoms with Gasteiger partial charge in [-0.25, -0.2) is 4.39 Å². The van der Waals surface area contributed by atoms with Gasteiger partial charge in [0.1, 0.15) is 5.82 Å². The van der Waals surface area contributed by atoms with E-state index in [0.717, 1.165) is 5.56 Å². The molecule has 14 heavy (non-hydrogen) atoms. The second-order valence-electron chi connectivity index (χ2n) is 3.57. The Balaban J connectivity index is 3.08. The van der Waals surface area contributed by atoms with E-state index in [9.17, 15) is 9.18 Å². The highest BCUT2D eigenvalue weighted by molar-refractivity contribution is 5.89. The molecule has 1 rings (SSSR count). The molecule has 2 nitrogen and oxygen atoms in total. The standard InChI is InChI=1S/C11H14FNO/c1-7(2)10-6-9(12)4-5-11(10)13-8(3)14/h4-7H,1-3H3,(H,13,14). The van der Waals surface area contributed by atoms with Crippen molar-refractivity contribution in [1.82, 2.24) is 0 Å². The molecule has 1 aromatic rings. The van der Waals surface area contributed by atoms with E-state index in [1.54, 1.807) is 6.07 Å². The molecule has 0 spiro atoms. The Bertz CT molecular complexity index is 347. The highest BCUT2D eigenvalue weighted by Gasteiger charge is 2.08. The van der Waals surface area contributed by atoms with E-state index in [1.165, 1.54) is 19.1 Å². The number of hydrogen-bond acceptors (Lipinski definition) is 1. The molecule has 1 amide bonds. The number of nitrogens with one attached hydrogen (secondary N) is 1. The summed E-state index contributed by atoms with van der Waals surface area (Å²) in [5.41, 5.74) is 1.51. The third-order valence-electron chi connectivity index (χ3n) is 1.95. The predicted octanol–water partition coefficient (Wildman–Crippen LogP) is 2.91. The van der Waals surface area contributed by atoms with Crippen LogP contribution in [-0.2, 0) is 4.79 Å². The van der Waals surface area contributed by atoms with Crippen LogP contribution in [0.1, 0.15) is 32.3 Å². The van der Waals surface area contributed by atoms with Gasteiger partial charge in [0.05, 0.1) is 0 Å². The van der Waals surface area contributed by atoms with Crippen molar-refractivity contribution in [1.29, 1.82) is 0 Å². The lowest BCUT2D eigenvalue weighted by atomic mass is 10.0. The van der Waals surface area contributed by atoms with Crippen LogP contribution in [-0.4, -0.2) is 5.91 Å². The first-order valence-electron chi connectivity index (χ1n) is 4.57. The molecule has 3 heteroatoms. The highest BCUT2D eigenvalue weighted by atomic mass is 19.1. The van der Waals surface area contributed by atoms with Gasteiger partial charge in [-0.3, -0.25) is 4.79 Å². The Hall–Kier alpha value is -1.38. The van der Waals surface area contributed by atoms with E-state index in [-0.39, 0.29) is 17.6 Å². The molecular formula is C11H14FNO. The van der Waals surface area contributed by atoms with Crippen LogP contribution in [0.2, 0.25) is 0 Å². The van der Waals surface area contributed by atoms with Crippen LogP contribution < -0.4 is 5.32 Å². The minimum Gasteiger partial charge on any atom is -0.326 e. The van der Waals surface area contributed by atoms with Gasteiger partial charge in [-0.15, -0.1) is 0 Å². The van der Waals surface area contributed by atoms with E-state index >= 15 is 0 Å². The molecule has 0 radical (unpaired) electrons. The van der Waals surface area contributed by atoms with Crippen LogP contribution in [0.25, 0.3) is 0 Å². The van der Waals surface area contributed by atoms with Gasteiger partial charge < -0.3 is 5.32 Å². The van der Waals surface area contributed by atoms with Crippen LogP contribution in [0, 0.1) is 5.82 Å². The number of hydrogen-bond donors (Lipinski definition) is 1. The molecule has 0 saturated carbocycles. The van der Waals surface area contributed by atoms with Crippen molar-refractivity contribution in [3.8, 4) is 0 Å². The first-order chi connectivity index (χ1) is 6.50. The summed E-state index contributed by atoms with van der Waals surface area (Å²) in [6.07, 6.45) is 0. The average Bonchev–Trinajstić information content (AvgIpc) is 2.07. The van der Waals surface area contributed by atoms with Gasteiger partial charge >= 0.3 is 0 Å². The van der Waals surface area contributed by atoms with Crippen LogP contribution in [0.3, 0.4) is 0 Å². The fourth-order valence-electron chi connectivity index (χ4n) is 1.31. The molecule has 1 N–H and O–H groups in total. The lowest BCUT2D eigenvalue weighted by Gasteiger charge is -2.12. The fraction of sp³-hybridized carbons (Fsp3) is 0.364. The molecule has 0 unspecified atom stereocenters. The third kappa shape index (κ3) is 2.55. The van der Waals surface area contributed by atoms with Crippen molar-refractivity contribution >= 4 is 11.6 Å². The Labute approximate surface area is 83.1 Å². The Morgan fingerprint density at radius 2 is 2.07 bits per heavy atom. The average molecular weight is 195 g/mol. The number of benzene rings is 1. The zero-order valence-electron chi connectivity index (χ0n) is 8.60. The van der Waals surface area contributed by atoms with Gasteiger partial charge in [0.15, 0.2) is 0 Å². The smallest absolute Gasteiger partial charge is 0.221 e. The summed E-state index contributed by atoms with van der Waals surface area (Å²) in [5, 5.41) is 2.68. The zero-order chi connectivity index (χ0) is 10.7. The predicted molar refractivity (Wildman–Crippen MR) is 54.8 cm³/mol. The number of anilines is 1. The molecule has 0 aliphatic carbocycles. The highest BCUT2D eigenvalue weighted by Crippen LogP contribution is 2.24. The third-order valence-corrected chi connectivity index (χ3v) is 1.95. The second-order valence-corrected chi connectivity index (χ2v) is 3.57. The molecule has 76 valence electrons. The minimum absolute atomic E-state index is 0.140. The molecule has 0 aliphatic rings. The maximum absolute atomic E-state index is 12.9. The van der Waals surface area contributed by atoms with E-state index in [2.05, 4.69) is 5.32 Å². The maximum atomic E-state index is 12.9.